The van der Waals surface area contributed by atoms with Crippen molar-refractivity contribution in [3.8, 4) is 0 Å². The molecule has 0 saturated carbocycles. The van der Waals surface area contributed by atoms with Gasteiger partial charge in [-0.25, -0.2) is 0 Å². The topological polar surface area (TPSA) is 67.4 Å². The average Bonchev–Trinajstić information content (AvgIpc) is 2.86. The molecular formula is C13H25ClN2O3. The maximum Gasteiger partial charge on any atom is 0.313 e. The molecule has 19 heavy (non-hydrogen) atoms. The highest BCUT2D eigenvalue weighted by molar-refractivity contribution is 5.85. The van der Waals surface area contributed by atoms with Gasteiger partial charge in [0.1, 0.15) is 0 Å². The fraction of sp³-hybridized carbons (Fsp3) is 0.846. The Bertz CT molecular complexity index is 302. The molecule has 2 N–H and O–H groups in total. The van der Waals surface area contributed by atoms with Crippen LogP contribution < -0.4 is 10.6 Å². The quantitative estimate of drug-likeness (QED) is 0.723. The monoisotopic (exact) mass is 292 g/mol. The van der Waals surface area contributed by atoms with Gasteiger partial charge >= 0.3 is 5.97 Å². The summed E-state index contributed by atoms with van der Waals surface area (Å²) in [7, 11) is 1.36. The predicted molar refractivity (Wildman–Crippen MR) is 76.3 cm³/mol. The molecule has 1 atom stereocenters. The second-order valence-electron chi connectivity index (χ2n) is 5.48. The second kappa shape index (κ2) is 8.38. The van der Waals surface area contributed by atoms with E-state index >= 15 is 0 Å². The van der Waals surface area contributed by atoms with Gasteiger partial charge in [0.25, 0.3) is 0 Å². The van der Waals surface area contributed by atoms with Crippen molar-refractivity contribution in [2.75, 3.05) is 20.2 Å². The summed E-state index contributed by atoms with van der Waals surface area (Å²) in [6.07, 6.45) is 3.72. The summed E-state index contributed by atoms with van der Waals surface area (Å²) in [5.74, 6) is -0.305. The molecule has 1 fully saturated rings. The smallest absolute Gasteiger partial charge is 0.313 e. The van der Waals surface area contributed by atoms with E-state index in [1.807, 2.05) is 0 Å². The van der Waals surface area contributed by atoms with Crippen molar-refractivity contribution in [2.45, 2.75) is 45.6 Å². The molecule has 5 nitrogen and oxygen atoms in total. The fourth-order valence-electron chi connectivity index (χ4n) is 2.06. The van der Waals surface area contributed by atoms with Crippen LogP contribution in [0.3, 0.4) is 0 Å². The van der Waals surface area contributed by atoms with Crippen molar-refractivity contribution in [1.82, 2.24) is 10.6 Å². The minimum Gasteiger partial charge on any atom is -0.469 e. The third-order valence-electron chi connectivity index (χ3n) is 3.35. The zero-order valence-corrected chi connectivity index (χ0v) is 12.8. The van der Waals surface area contributed by atoms with E-state index in [0.29, 0.717) is 19.0 Å². The number of methoxy groups -OCH3 is 1. The van der Waals surface area contributed by atoms with Crippen LogP contribution in [0.15, 0.2) is 0 Å². The number of esters is 1. The highest BCUT2D eigenvalue weighted by atomic mass is 35.5. The zero-order chi connectivity index (χ0) is 13.6. The van der Waals surface area contributed by atoms with E-state index in [1.54, 1.807) is 13.8 Å². The van der Waals surface area contributed by atoms with Gasteiger partial charge < -0.3 is 15.4 Å². The first-order valence-corrected chi connectivity index (χ1v) is 6.54. The van der Waals surface area contributed by atoms with Gasteiger partial charge in [0, 0.05) is 19.0 Å². The SMILES string of the molecule is COC(=O)C(C)(C)CNC(=O)CCC1CCCN1.Cl. The zero-order valence-electron chi connectivity index (χ0n) is 12.0. The molecule has 0 aromatic rings. The summed E-state index contributed by atoms with van der Waals surface area (Å²) in [6, 6.07) is 0.476. The molecule has 1 heterocycles. The first kappa shape index (κ1) is 18.2. The van der Waals surface area contributed by atoms with Crippen LogP contribution in [0, 0.1) is 5.41 Å². The van der Waals surface area contributed by atoms with Gasteiger partial charge in [-0.1, -0.05) is 0 Å². The van der Waals surface area contributed by atoms with Gasteiger partial charge in [-0.3, -0.25) is 9.59 Å². The molecule has 0 bridgehead atoms. The van der Waals surface area contributed by atoms with Crippen molar-refractivity contribution in [2.24, 2.45) is 5.41 Å². The van der Waals surface area contributed by atoms with Gasteiger partial charge in [0.15, 0.2) is 0 Å². The number of rotatable bonds is 6. The maximum absolute atomic E-state index is 11.7. The average molecular weight is 293 g/mol. The highest BCUT2D eigenvalue weighted by Crippen LogP contribution is 2.15. The largest absolute Gasteiger partial charge is 0.469 e. The molecule has 1 rings (SSSR count). The molecular weight excluding hydrogens is 268 g/mol. The molecule has 1 unspecified atom stereocenters. The number of ether oxygens (including phenoxy) is 1. The Morgan fingerprint density at radius 2 is 2.11 bits per heavy atom. The second-order valence-corrected chi connectivity index (χ2v) is 5.48. The van der Waals surface area contributed by atoms with E-state index in [9.17, 15) is 9.59 Å². The first-order chi connectivity index (χ1) is 8.45. The predicted octanol–water partition coefficient (Wildman–Crippen LogP) is 1.26. The molecule has 0 aromatic heterocycles. The molecule has 1 saturated heterocycles. The minimum absolute atomic E-state index is 0. The minimum atomic E-state index is -0.671. The van der Waals surface area contributed by atoms with E-state index in [1.165, 1.54) is 13.5 Å². The van der Waals surface area contributed by atoms with E-state index in [2.05, 4.69) is 15.4 Å². The molecule has 0 aromatic carbocycles. The van der Waals surface area contributed by atoms with Crippen molar-refractivity contribution < 1.29 is 14.3 Å². The Morgan fingerprint density at radius 3 is 2.63 bits per heavy atom. The van der Waals surface area contributed by atoms with Gasteiger partial charge in [-0.2, -0.15) is 0 Å². The van der Waals surface area contributed by atoms with Crippen LogP contribution in [-0.2, 0) is 14.3 Å². The number of nitrogens with one attached hydrogen (secondary N) is 2. The van der Waals surface area contributed by atoms with Crippen molar-refractivity contribution in [3.05, 3.63) is 0 Å². The summed E-state index contributed by atoms with van der Waals surface area (Å²) in [4.78, 5) is 23.1. The molecule has 6 heteroatoms. The Kier molecular flexibility index (Phi) is 8.02. The lowest BCUT2D eigenvalue weighted by Crippen LogP contribution is -2.39. The van der Waals surface area contributed by atoms with Crippen LogP contribution in [0.1, 0.15) is 39.5 Å². The third-order valence-corrected chi connectivity index (χ3v) is 3.35. The van der Waals surface area contributed by atoms with Crippen LogP contribution in [0.5, 0.6) is 0 Å². The standard InChI is InChI=1S/C13H24N2O3.ClH/c1-13(2,12(17)18-3)9-15-11(16)7-6-10-5-4-8-14-10;/h10,14H,4-9H2,1-3H3,(H,15,16);1H. The summed E-state index contributed by atoms with van der Waals surface area (Å²) < 4.78 is 4.69. The first-order valence-electron chi connectivity index (χ1n) is 6.54. The molecule has 0 spiro atoms. The van der Waals surface area contributed by atoms with Crippen LogP contribution in [-0.4, -0.2) is 38.1 Å². The fourth-order valence-corrected chi connectivity index (χ4v) is 2.06. The summed E-state index contributed by atoms with van der Waals surface area (Å²) in [5, 5.41) is 6.15. The molecule has 0 radical (unpaired) electrons. The van der Waals surface area contributed by atoms with E-state index in [4.69, 9.17) is 0 Å². The van der Waals surface area contributed by atoms with Crippen LogP contribution in [0.25, 0.3) is 0 Å². The number of hydrogen-bond donors (Lipinski definition) is 2. The van der Waals surface area contributed by atoms with E-state index < -0.39 is 5.41 Å². The van der Waals surface area contributed by atoms with Crippen LogP contribution in [0.4, 0.5) is 0 Å². The number of carbonyl (C=O) groups excluding carboxylic acids is 2. The highest BCUT2D eigenvalue weighted by Gasteiger charge is 2.29. The molecule has 1 amide bonds. The lowest BCUT2D eigenvalue weighted by Gasteiger charge is -2.21. The van der Waals surface area contributed by atoms with Crippen LogP contribution >= 0.6 is 12.4 Å². The molecule has 0 aliphatic carbocycles. The summed E-state index contributed by atoms with van der Waals surface area (Å²) >= 11 is 0. The van der Waals surface area contributed by atoms with E-state index in [-0.39, 0.29) is 24.3 Å². The van der Waals surface area contributed by atoms with Gasteiger partial charge in [-0.15, -0.1) is 12.4 Å². The molecule has 1 aliphatic rings. The van der Waals surface area contributed by atoms with Crippen molar-refractivity contribution in [3.63, 3.8) is 0 Å². The van der Waals surface area contributed by atoms with Crippen molar-refractivity contribution >= 4 is 24.3 Å². The number of halogens is 1. The van der Waals surface area contributed by atoms with Crippen molar-refractivity contribution in [1.29, 1.82) is 0 Å². The lowest BCUT2D eigenvalue weighted by molar-refractivity contribution is -0.150. The summed E-state index contributed by atoms with van der Waals surface area (Å²) in [6.45, 7) is 4.90. The number of amides is 1. The van der Waals surface area contributed by atoms with Gasteiger partial charge in [0.05, 0.1) is 12.5 Å². The Hall–Kier alpha value is -0.810. The number of hydrogen-bond acceptors (Lipinski definition) is 4. The van der Waals surface area contributed by atoms with Gasteiger partial charge in [0.2, 0.25) is 5.91 Å². The normalized spacial score (nSPS) is 18.6. The molecule has 1 aliphatic heterocycles. The number of carbonyl (C=O) groups is 2. The van der Waals surface area contributed by atoms with Crippen LogP contribution in [0.2, 0.25) is 0 Å². The van der Waals surface area contributed by atoms with Gasteiger partial charge in [-0.05, 0) is 39.7 Å². The summed E-state index contributed by atoms with van der Waals surface area (Å²) in [5.41, 5.74) is -0.671. The Balaban J connectivity index is 0.00000324. The maximum atomic E-state index is 11.7. The Labute approximate surface area is 121 Å². The Morgan fingerprint density at radius 1 is 1.42 bits per heavy atom. The lowest BCUT2D eigenvalue weighted by atomic mass is 9.93. The van der Waals surface area contributed by atoms with E-state index in [0.717, 1.165) is 19.4 Å². The third kappa shape index (κ3) is 6.25. The molecule has 112 valence electrons.